The van der Waals surface area contributed by atoms with Crippen LogP contribution in [0.2, 0.25) is 0 Å². The largest absolute Gasteiger partial charge is 0.388 e. The normalized spacial score (nSPS) is 11.4. The van der Waals surface area contributed by atoms with Crippen molar-refractivity contribution in [1.29, 1.82) is 0 Å². The van der Waals surface area contributed by atoms with Crippen LogP contribution in [0.3, 0.4) is 0 Å². The summed E-state index contributed by atoms with van der Waals surface area (Å²) in [5.41, 5.74) is 9.32. The maximum Gasteiger partial charge on any atom is 0.221 e. The van der Waals surface area contributed by atoms with Crippen LogP contribution in [0.15, 0.2) is 29.4 Å². The lowest BCUT2D eigenvalue weighted by Gasteiger charge is -2.09. The molecule has 0 aliphatic heterocycles. The zero-order chi connectivity index (χ0) is 12.0. The summed E-state index contributed by atoms with van der Waals surface area (Å²) in [5, 5.41) is 15.5. The maximum absolute atomic E-state index is 10.8. The molecule has 6 heteroatoms. The molecule has 0 saturated carbocycles. The molecule has 1 atom stereocenters. The third-order valence-corrected chi connectivity index (χ3v) is 1.91. The topological polar surface area (TPSA) is 98.1 Å². The van der Waals surface area contributed by atoms with Gasteiger partial charge in [-0.25, -0.2) is 0 Å². The second-order valence-electron chi connectivity index (χ2n) is 3.24. The predicted molar refractivity (Wildman–Crippen MR) is 59.7 cm³/mol. The van der Waals surface area contributed by atoms with E-state index in [-0.39, 0.29) is 12.5 Å². The number of nitrogens with zero attached hydrogens (tertiary/aromatic N) is 3. The lowest BCUT2D eigenvalue weighted by molar-refractivity contribution is -0.114. The van der Waals surface area contributed by atoms with E-state index in [1.165, 1.54) is 6.92 Å². The molecule has 0 radical (unpaired) electrons. The predicted octanol–water partition coefficient (Wildman–Crippen LogP) is 1.99. The van der Waals surface area contributed by atoms with Crippen LogP contribution >= 0.6 is 0 Å². The molecule has 1 aromatic carbocycles. The van der Waals surface area contributed by atoms with E-state index in [1.54, 1.807) is 24.3 Å². The summed E-state index contributed by atoms with van der Waals surface area (Å²) in [6, 6.07) is 6.76. The molecule has 6 nitrogen and oxygen atoms in total. The minimum absolute atomic E-state index is 0.0278. The molecular weight excluding hydrogens is 208 g/mol. The van der Waals surface area contributed by atoms with Crippen molar-refractivity contribution in [3.8, 4) is 0 Å². The number of benzene rings is 1. The molecule has 0 aromatic heterocycles. The van der Waals surface area contributed by atoms with Gasteiger partial charge in [-0.1, -0.05) is 17.2 Å². The molecule has 84 valence electrons. The van der Waals surface area contributed by atoms with Crippen molar-refractivity contribution in [3.05, 3.63) is 40.3 Å². The van der Waals surface area contributed by atoms with Crippen LogP contribution in [0, 0.1) is 0 Å². The summed E-state index contributed by atoms with van der Waals surface area (Å²) in [5.74, 6) is -0.179. The molecule has 1 amide bonds. The van der Waals surface area contributed by atoms with Crippen LogP contribution in [0.1, 0.15) is 18.6 Å². The molecule has 0 aliphatic carbocycles. The second-order valence-corrected chi connectivity index (χ2v) is 3.24. The molecule has 16 heavy (non-hydrogen) atoms. The summed E-state index contributed by atoms with van der Waals surface area (Å²) >= 11 is 0. The number of rotatable bonds is 4. The third-order valence-electron chi connectivity index (χ3n) is 1.91. The van der Waals surface area contributed by atoms with Crippen LogP contribution in [-0.4, -0.2) is 17.6 Å². The highest BCUT2D eigenvalue weighted by Crippen LogP contribution is 2.17. The van der Waals surface area contributed by atoms with Gasteiger partial charge in [-0.05, 0) is 23.2 Å². The smallest absolute Gasteiger partial charge is 0.221 e. The van der Waals surface area contributed by atoms with Crippen molar-refractivity contribution in [2.24, 2.45) is 5.11 Å². The number of amides is 1. The number of nitrogens with one attached hydrogen (secondary N) is 1. The highest BCUT2D eigenvalue weighted by molar-refractivity contribution is 5.88. The van der Waals surface area contributed by atoms with Crippen LogP contribution in [0.5, 0.6) is 0 Å². The zero-order valence-corrected chi connectivity index (χ0v) is 8.79. The van der Waals surface area contributed by atoms with Gasteiger partial charge in [0.05, 0.1) is 12.6 Å². The van der Waals surface area contributed by atoms with Gasteiger partial charge in [-0.3, -0.25) is 4.79 Å². The molecular formula is C10H12N4O2. The summed E-state index contributed by atoms with van der Waals surface area (Å²) in [6.07, 6.45) is -0.857. The number of anilines is 1. The Morgan fingerprint density at radius 3 is 3.06 bits per heavy atom. The van der Waals surface area contributed by atoms with Crippen LogP contribution in [0.25, 0.3) is 10.4 Å². The van der Waals surface area contributed by atoms with E-state index in [4.69, 9.17) is 5.53 Å². The lowest BCUT2D eigenvalue weighted by atomic mass is 10.1. The Balaban J connectivity index is 2.80. The van der Waals surface area contributed by atoms with E-state index < -0.39 is 6.10 Å². The summed E-state index contributed by atoms with van der Waals surface area (Å²) < 4.78 is 0. The molecule has 1 rings (SSSR count). The van der Waals surface area contributed by atoms with Crippen LogP contribution in [0.4, 0.5) is 5.69 Å². The molecule has 0 aliphatic rings. The van der Waals surface area contributed by atoms with Gasteiger partial charge < -0.3 is 10.4 Å². The maximum atomic E-state index is 10.8. The van der Waals surface area contributed by atoms with Gasteiger partial charge in [0.25, 0.3) is 0 Å². The number of aliphatic hydroxyl groups is 1. The average Bonchev–Trinajstić information content (AvgIpc) is 2.25. The van der Waals surface area contributed by atoms with E-state index in [0.717, 1.165) is 0 Å². The fraction of sp³-hybridized carbons (Fsp3) is 0.300. The van der Waals surface area contributed by atoms with E-state index in [2.05, 4.69) is 15.3 Å². The molecule has 0 saturated heterocycles. The van der Waals surface area contributed by atoms with Crippen molar-refractivity contribution in [3.63, 3.8) is 0 Å². The molecule has 0 heterocycles. The minimum atomic E-state index is -0.857. The second kappa shape index (κ2) is 5.75. The van der Waals surface area contributed by atoms with Crippen molar-refractivity contribution >= 4 is 11.6 Å². The van der Waals surface area contributed by atoms with E-state index in [0.29, 0.717) is 11.3 Å². The molecule has 0 fully saturated rings. The first kappa shape index (κ1) is 12.0. The first-order valence-corrected chi connectivity index (χ1v) is 4.70. The van der Waals surface area contributed by atoms with Gasteiger partial charge in [-0.2, -0.15) is 0 Å². The quantitative estimate of drug-likeness (QED) is 0.460. The Morgan fingerprint density at radius 2 is 2.44 bits per heavy atom. The monoisotopic (exact) mass is 220 g/mol. The molecule has 1 unspecified atom stereocenters. The van der Waals surface area contributed by atoms with Crippen molar-refractivity contribution in [2.75, 3.05) is 11.9 Å². The zero-order valence-electron chi connectivity index (χ0n) is 8.79. The molecule has 1 aromatic rings. The third kappa shape index (κ3) is 3.61. The Kier molecular flexibility index (Phi) is 4.32. The van der Waals surface area contributed by atoms with Crippen molar-refractivity contribution in [2.45, 2.75) is 13.0 Å². The van der Waals surface area contributed by atoms with E-state index in [9.17, 15) is 9.90 Å². The highest BCUT2D eigenvalue weighted by atomic mass is 16.3. The first-order chi connectivity index (χ1) is 7.63. The minimum Gasteiger partial charge on any atom is -0.388 e. The fourth-order valence-corrected chi connectivity index (χ4v) is 1.25. The number of aliphatic hydroxyl groups excluding tert-OH is 1. The highest BCUT2D eigenvalue weighted by Gasteiger charge is 2.06. The Labute approximate surface area is 92.5 Å². The van der Waals surface area contributed by atoms with Gasteiger partial charge in [0.1, 0.15) is 0 Å². The van der Waals surface area contributed by atoms with Crippen LogP contribution in [-0.2, 0) is 4.79 Å². The fourth-order valence-electron chi connectivity index (χ4n) is 1.25. The van der Waals surface area contributed by atoms with E-state index in [1.807, 2.05) is 0 Å². The Bertz CT molecular complexity index is 427. The lowest BCUT2D eigenvalue weighted by Crippen LogP contribution is -2.07. The van der Waals surface area contributed by atoms with Crippen molar-refractivity contribution < 1.29 is 9.90 Å². The van der Waals surface area contributed by atoms with Gasteiger partial charge in [0.15, 0.2) is 0 Å². The SMILES string of the molecule is CC(=O)Nc1cccc(C(O)CN=[N+]=[N-])c1. The number of hydrogen-bond donors (Lipinski definition) is 2. The molecule has 0 spiro atoms. The van der Waals surface area contributed by atoms with Gasteiger partial charge in [0.2, 0.25) is 5.91 Å². The number of carbonyl (C=O) groups excluding carboxylic acids is 1. The van der Waals surface area contributed by atoms with Gasteiger partial charge in [-0.15, -0.1) is 0 Å². The molecule has 2 N–H and O–H groups in total. The molecule has 0 bridgehead atoms. The Hall–Kier alpha value is -2.04. The van der Waals surface area contributed by atoms with E-state index >= 15 is 0 Å². The number of hydrogen-bond acceptors (Lipinski definition) is 3. The summed E-state index contributed by atoms with van der Waals surface area (Å²) in [7, 11) is 0. The standard InChI is InChI=1S/C10H12N4O2/c1-7(15)13-9-4-2-3-8(5-9)10(16)6-12-14-11/h2-5,10,16H,6H2,1H3,(H,13,15). The van der Waals surface area contributed by atoms with Crippen LogP contribution < -0.4 is 5.32 Å². The summed E-state index contributed by atoms with van der Waals surface area (Å²) in [4.78, 5) is 13.4. The summed E-state index contributed by atoms with van der Waals surface area (Å²) in [6.45, 7) is 1.38. The number of azide groups is 1. The average molecular weight is 220 g/mol. The number of carbonyl (C=O) groups is 1. The van der Waals surface area contributed by atoms with Gasteiger partial charge in [0, 0.05) is 17.5 Å². The van der Waals surface area contributed by atoms with Crippen molar-refractivity contribution in [1.82, 2.24) is 0 Å². The van der Waals surface area contributed by atoms with Gasteiger partial charge >= 0.3 is 0 Å². The Morgan fingerprint density at radius 1 is 1.69 bits per heavy atom. The first-order valence-electron chi connectivity index (χ1n) is 4.70.